The van der Waals surface area contributed by atoms with Crippen LogP contribution in [0.25, 0.3) is 0 Å². The van der Waals surface area contributed by atoms with Gasteiger partial charge in [-0.05, 0) is 19.4 Å². The van der Waals surface area contributed by atoms with Crippen molar-refractivity contribution in [1.29, 1.82) is 0 Å². The van der Waals surface area contributed by atoms with Gasteiger partial charge in [0.2, 0.25) is 0 Å². The van der Waals surface area contributed by atoms with E-state index in [-0.39, 0.29) is 12.1 Å². The summed E-state index contributed by atoms with van der Waals surface area (Å²) in [4.78, 5) is 4.05. The molecular weight excluding hydrogens is 204 g/mol. The fourth-order valence-electron chi connectivity index (χ4n) is 1.75. The molecule has 2 atom stereocenters. The molecule has 0 saturated heterocycles. The molecule has 0 bridgehead atoms. The third kappa shape index (κ3) is 2.91. The SMILES string of the molecule is CCOC(CC)C(NN)c1cccnc1N. The highest BCUT2D eigenvalue weighted by atomic mass is 16.5. The molecule has 5 N–H and O–H groups in total. The van der Waals surface area contributed by atoms with Crippen molar-refractivity contribution in [2.24, 2.45) is 5.84 Å². The number of nitrogens with two attached hydrogens (primary N) is 2. The summed E-state index contributed by atoms with van der Waals surface area (Å²) in [6.45, 7) is 4.66. The Labute approximate surface area is 96.2 Å². The van der Waals surface area contributed by atoms with Crippen LogP contribution in [0.15, 0.2) is 18.3 Å². The van der Waals surface area contributed by atoms with Crippen LogP contribution in [0.5, 0.6) is 0 Å². The summed E-state index contributed by atoms with van der Waals surface area (Å²) in [6, 6.07) is 3.63. The molecule has 0 saturated carbocycles. The number of rotatable bonds is 6. The lowest BCUT2D eigenvalue weighted by molar-refractivity contribution is 0.0315. The smallest absolute Gasteiger partial charge is 0.128 e. The summed E-state index contributed by atoms with van der Waals surface area (Å²) in [5.41, 5.74) is 9.45. The third-order valence-corrected chi connectivity index (χ3v) is 2.54. The van der Waals surface area contributed by atoms with Gasteiger partial charge in [-0.3, -0.25) is 11.3 Å². The molecule has 5 heteroatoms. The van der Waals surface area contributed by atoms with Gasteiger partial charge in [-0.25, -0.2) is 4.98 Å². The van der Waals surface area contributed by atoms with Crippen molar-refractivity contribution in [3.8, 4) is 0 Å². The van der Waals surface area contributed by atoms with Crippen molar-refractivity contribution in [3.05, 3.63) is 23.9 Å². The van der Waals surface area contributed by atoms with E-state index < -0.39 is 0 Å². The van der Waals surface area contributed by atoms with Crippen LogP contribution in [0.4, 0.5) is 5.82 Å². The van der Waals surface area contributed by atoms with Crippen molar-refractivity contribution >= 4 is 5.82 Å². The molecular formula is C11H20N4O. The van der Waals surface area contributed by atoms with E-state index in [2.05, 4.69) is 17.3 Å². The summed E-state index contributed by atoms with van der Waals surface area (Å²) in [7, 11) is 0. The minimum Gasteiger partial charge on any atom is -0.383 e. The van der Waals surface area contributed by atoms with E-state index in [1.54, 1.807) is 6.20 Å². The number of hydrazine groups is 1. The molecule has 0 amide bonds. The van der Waals surface area contributed by atoms with E-state index in [0.717, 1.165) is 12.0 Å². The van der Waals surface area contributed by atoms with E-state index in [4.69, 9.17) is 16.3 Å². The molecule has 0 aromatic carbocycles. The zero-order valence-electron chi connectivity index (χ0n) is 9.81. The monoisotopic (exact) mass is 224 g/mol. The van der Waals surface area contributed by atoms with Crippen LogP contribution in [-0.2, 0) is 4.74 Å². The maximum absolute atomic E-state index is 5.82. The first kappa shape index (κ1) is 12.9. The number of nitrogens with one attached hydrogen (secondary N) is 1. The van der Waals surface area contributed by atoms with Gasteiger partial charge in [-0.15, -0.1) is 0 Å². The van der Waals surface area contributed by atoms with Gasteiger partial charge >= 0.3 is 0 Å². The van der Waals surface area contributed by atoms with Crippen LogP contribution in [0, 0.1) is 0 Å². The number of nitrogens with zero attached hydrogens (tertiary/aromatic N) is 1. The predicted octanol–water partition coefficient (Wildman–Crippen LogP) is 0.983. The van der Waals surface area contributed by atoms with Crippen molar-refractivity contribution in [2.45, 2.75) is 32.4 Å². The average Bonchev–Trinajstić information content (AvgIpc) is 2.31. The number of hydrogen-bond acceptors (Lipinski definition) is 5. The molecule has 2 unspecified atom stereocenters. The number of hydrogen-bond donors (Lipinski definition) is 3. The molecule has 0 spiro atoms. The number of aromatic nitrogens is 1. The molecule has 0 aliphatic rings. The highest BCUT2D eigenvalue weighted by Crippen LogP contribution is 2.24. The van der Waals surface area contributed by atoms with Crippen molar-refractivity contribution in [3.63, 3.8) is 0 Å². The second-order valence-electron chi connectivity index (χ2n) is 3.52. The van der Waals surface area contributed by atoms with Gasteiger partial charge in [0.15, 0.2) is 0 Å². The molecule has 90 valence electrons. The zero-order valence-corrected chi connectivity index (χ0v) is 9.81. The second-order valence-corrected chi connectivity index (χ2v) is 3.52. The summed E-state index contributed by atoms with van der Waals surface area (Å²) in [6.07, 6.45) is 2.52. The summed E-state index contributed by atoms with van der Waals surface area (Å²) in [5.74, 6) is 6.06. The maximum Gasteiger partial charge on any atom is 0.128 e. The Hall–Kier alpha value is -1.17. The largest absolute Gasteiger partial charge is 0.383 e. The summed E-state index contributed by atoms with van der Waals surface area (Å²) >= 11 is 0. The Bertz CT molecular complexity index is 319. The fraction of sp³-hybridized carbons (Fsp3) is 0.545. The Morgan fingerprint density at radius 3 is 2.75 bits per heavy atom. The van der Waals surface area contributed by atoms with Crippen LogP contribution in [0.3, 0.4) is 0 Å². The normalized spacial score (nSPS) is 14.7. The van der Waals surface area contributed by atoms with Crippen LogP contribution in [0.2, 0.25) is 0 Å². The minimum absolute atomic E-state index is 0.00139. The molecule has 1 rings (SSSR count). The lowest BCUT2D eigenvalue weighted by atomic mass is 10.0. The molecule has 0 aliphatic heterocycles. The van der Waals surface area contributed by atoms with Crippen LogP contribution < -0.4 is 17.0 Å². The number of nitrogen functional groups attached to an aromatic ring is 1. The molecule has 0 radical (unpaired) electrons. The first-order valence-electron chi connectivity index (χ1n) is 5.52. The van der Waals surface area contributed by atoms with E-state index in [0.29, 0.717) is 12.4 Å². The van der Waals surface area contributed by atoms with Crippen LogP contribution in [-0.4, -0.2) is 17.7 Å². The number of ether oxygens (including phenoxy) is 1. The van der Waals surface area contributed by atoms with Gasteiger partial charge in [0.05, 0.1) is 12.1 Å². The molecule has 1 heterocycles. The lowest BCUT2D eigenvalue weighted by Gasteiger charge is -2.26. The predicted molar refractivity (Wildman–Crippen MR) is 64.4 cm³/mol. The van der Waals surface area contributed by atoms with Gasteiger partial charge in [0, 0.05) is 18.4 Å². The van der Waals surface area contributed by atoms with Crippen molar-refractivity contribution < 1.29 is 4.74 Å². The Balaban J connectivity index is 2.92. The van der Waals surface area contributed by atoms with Crippen LogP contribution in [0.1, 0.15) is 31.9 Å². The number of pyridine rings is 1. The van der Waals surface area contributed by atoms with Gasteiger partial charge in [0.1, 0.15) is 5.82 Å². The quantitative estimate of drug-likeness (QED) is 0.495. The third-order valence-electron chi connectivity index (χ3n) is 2.54. The van der Waals surface area contributed by atoms with E-state index in [9.17, 15) is 0 Å². The van der Waals surface area contributed by atoms with Gasteiger partial charge in [-0.1, -0.05) is 13.0 Å². The molecule has 1 aromatic heterocycles. The van der Waals surface area contributed by atoms with Crippen molar-refractivity contribution in [1.82, 2.24) is 10.4 Å². The van der Waals surface area contributed by atoms with E-state index >= 15 is 0 Å². The average molecular weight is 224 g/mol. The minimum atomic E-state index is -0.126. The van der Waals surface area contributed by atoms with Gasteiger partial charge < -0.3 is 10.5 Å². The fourth-order valence-corrected chi connectivity index (χ4v) is 1.75. The molecule has 16 heavy (non-hydrogen) atoms. The lowest BCUT2D eigenvalue weighted by Crippen LogP contribution is -2.38. The van der Waals surface area contributed by atoms with Gasteiger partial charge in [0.25, 0.3) is 0 Å². The highest BCUT2D eigenvalue weighted by Gasteiger charge is 2.23. The Morgan fingerprint density at radius 1 is 1.50 bits per heavy atom. The molecule has 0 aliphatic carbocycles. The Morgan fingerprint density at radius 2 is 2.25 bits per heavy atom. The van der Waals surface area contributed by atoms with E-state index in [1.165, 1.54) is 0 Å². The summed E-state index contributed by atoms with van der Waals surface area (Å²) in [5, 5.41) is 0. The standard InChI is InChI=1S/C11H20N4O/c1-3-9(16-4-2)10(15-13)8-6-5-7-14-11(8)12/h5-7,9-10,15H,3-4,13H2,1-2H3,(H2,12,14). The Kier molecular flexibility index (Phi) is 5.18. The first-order valence-corrected chi connectivity index (χ1v) is 5.52. The number of anilines is 1. The maximum atomic E-state index is 5.82. The van der Waals surface area contributed by atoms with Gasteiger partial charge in [-0.2, -0.15) is 0 Å². The van der Waals surface area contributed by atoms with E-state index in [1.807, 2.05) is 19.1 Å². The molecule has 5 nitrogen and oxygen atoms in total. The molecule has 0 fully saturated rings. The molecule has 1 aromatic rings. The first-order chi connectivity index (χ1) is 7.74. The topological polar surface area (TPSA) is 86.2 Å². The second kappa shape index (κ2) is 6.42. The zero-order chi connectivity index (χ0) is 12.0. The summed E-state index contributed by atoms with van der Waals surface area (Å²) < 4.78 is 5.63. The van der Waals surface area contributed by atoms with Crippen LogP contribution >= 0.6 is 0 Å². The van der Waals surface area contributed by atoms with Crippen molar-refractivity contribution in [2.75, 3.05) is 12.3 Å². The highest BCUT2D eigenvalue weighted by molar-refractivity contribution is 5.41.